The summed E-state index contributed by atoms with van der Waals surface area (Å²) in [6.45, 7) is 0. The molecule has 0 bridgehead atoms. The van der Waals surface area contributed by atoms with E-state index in [-0.39, 0.29) is 4.90 Å². The van der Waals surface area contributed by atoms with Gasteiger partial charge in [-0.05, 0) is 48.0 Å². The predicted octanol–water partition coefficient (Wildman–Crippen LogP) is 3.79. The average Bonchev–Trinajstić information content (AvgIpc) is 2.63. The van der Waals surface area contributed by atoms with Crippen molar-refractivity contribution in [2.45, 2.75) is 4.90 Å². The van der Waals surface area contributed by atoms with Crippen molar-refractivity contribution >= 4 is 50.3 Å². The number of carboxylic acids is 1. The van der Waals surface area contributed by atoms with E-state index in [0.29, 0.717) is 27.2 Å². The van der Waals surface area contributed by atoms with E-state index in [4.69, 9.17) is 16.7 Å². The summed E-state index contributed by atoms with van der Waals surface area (Å²) in [5, 5.41) is 9.74. The maximum Gasteiger partial charge on any atom is 0.328 e. The topological polar surface area (TPSA) is 96.4 Å². The molecule has 2 N–H and O–H groups in total. The number of aliphatic carboxylic acids is 1. The predicted molar refractivity (Wildman–Crippen MR) is 101 cm³/mol. The molecule has 8 heteroatoms. The van der Waals surface area contributed by atoms with E-state index in [0.717, 1.165) is 6.08 Å². The monoisotopic (exact) mass is 388 g/mol. The van der Waals surface area contributed by atoms with Crippen LogP contribution in [0.4, 0.5) is 5.69 Å². The van der Waals surface area contributed by atoms with Crippen LogP contribution in [0.3, 0.4) is 0 Å². The third-order valence-electron chi connectivity index (χ3n) is 3.57. The Kier molecular flexibility index (Phi) is 4.92. The largest absolute Gasteiger partial charge is 0.478 e. The molecule has 3 aromatic rings. The van der Waals surface area contributed by atoms with Crippen LogP contribution in [0.2, 0.25) is 5.02 Å². The minimum Gasteiger partial charge on any atom is -0.478 e. The molecular weight excluding hydrogens is 376 g/mol. The lowest BCUT2D eigenvalue weighted by atomic mass is 10.2. The standard InChI is InChI=1S/C18H13ClN2O4S/c19-15-8-9-16(18-14(15)2-1-11-20-18)21-26(24,25)13-6-3-12(4-7-13)5-10-17(22)23/h1-11,21H,(H,22,23)/b10-5+. The van der Waals surface area contributed by atoms with Gasteiger partial charge < -0.3 is 5.11 Å². The van der Waals surface area contributed by atoms with Crippen LogP contribution in [0.5, 0.6) is 0 Å². The number of nitrogens with one attached hydrogen (secondary N) is 1. The average molecular weight is 389 g/mol. The van der Waals surface area contributed by atoms with Gasteiger partial charge in [0.25, 0.3) is 10.0 Å². The minimum atomic E-state index is -3.84. The molecule has 0 amide bonds. The number of nitrogens with zero attached hydrogens (tertiary/aromatic N) is 1. The van der Waals surface area contributed by atoms with Gasteiger partial charge in [-0.15, -0.1) is 0 Å². The summed E-state index contributed by atoms with van der Waals surface area (Å²) in [5.41, 5.74) is 1.34. The molecule has 1 aromatic heterocycles. The summed E-state index contributed by atoms with van der Waals surface area (Å²) in [7, 11) is -3.84. The Morgan fingerprint density at radius 2 is 1.85 bits per heavy atom. The van der Waals surface area contributed by atoms with Crippen molar-refractivity contribution in [1.82, 2.24) is 4.98 Å². The van der Waals surface area contributed by atoms with Gasteiger partial charge in [-0.3, -0.25) is 9.71 Å². The first-order valence-electron chi connectivity index (χ1n) is 7.44. The lowest BCUT2D eigenvalue weighted by molar-refractivity contribution is -0.131. The first-order chi connectivity index (χ1) is 12.4. The van der Waals surface area contributed by atoms with E-state index >= 15 is 0 Å². The minimum absolute atomic E-state index is 0.0454. The van der Waals surface area contributed by atoms with Crippen molar-refractivity contribution in [2.75, 3.05) is 4.72 Å². The highest BCUT2D eigenvalue weighted by Crippen LogP contribution is 2.29. The molecule has 0 radical (unpaired) electrons. The second-order valence-corrected chi connectivity index (χ2v) is 7.43. The molecule has 0 aliphatic carbocycles. The number of anilines is 1. The maximum absolute atomic E-state index is 12.6. The maximum atomic E-state index is 12.6. The molecule has 0 aliphatic rings. The molecule has 0 fully saturated rings. The number of fused-ring (bicyclic) bond motifs is 1. The number of halogens is 1. The van der Waals surface area contributed by atoms with Crippen molar-refractivity contribution in [2.24, 2.45) is 0 Å². The molecule has 3 rings (SSSR count). The Morgan fingerprint density at radius 3 is 2.54 bits per heavy atom. The van der Waals surface area contributed by atoms with Gasteiger partial charge >= 0.3 is 5.97 Å². The van der Waals surface area contributed by atoms with Crippen molar-refractivity contribution in [3.8, 4) is 0 Å². The first kappa shape index (κ1) is 17.9. The van der Waals surface area contributed by atoms with Crippen LogP contribution in [0.1, 0.15) is 5.56 Å². The Balaban J connectivity index is 1.93. The zero-order chi connectivity index (χ0) is 18.7. The van der Waals surface area contributed by atoms with Gasteiger partial charge in [0.2, 0.25) is 0 Å². The SMILES string of the molecule is O=C(O)/C=C/c1ccc(S(=O)(=O)Nc2ccc(Cl)c3cccnc23)cc1. The highest BCUT2D eigenvalue weighted by molar-refractivity contribution is 7.92. The second kappa shape index (κ2) is 7.15. The third kappa shape index (κ3) is 3.84. The molecule has 0 unspecified atom stereocenters. The number of carboxylic acid groups (broad SMARTS) is 1. The zero-order valence-corrected chi connectivity index (χ0v) is 14.8. The summed E-state index contributed by atoms with van der Waals surface area (Å²) in [6.07, 6.45) is 3.91. The quantitative estimate of drug-likeness (QED) is 0.648. The molecule has 26 heavy (non-hydrogen) atoms. The van der Waals surface area contributed by atoms with Crippen LogP contribution in [-0.2, 0) is 14.8 Å². The lowest BCUT2D eigenvalue weighted by Gasteiger charge is -2.11. The van der Waals surface area contributed by atoms with Gasteiger partial charge in [0.1, 0.15) is 0 Å². The number of hydrogen-bond donors (Lipinski definition) is 2. The summed E-state index contributed by atoms with van der Waals surface area (Å²) in [5.74, 6) is -1.08. The van der Waals surface area contributed by atoms with Gasteiger partial charge in [-0.2, -0.15) is 0 Å². The summed E-state index contributed by atoms with van der Waals surface area (Å²) < 4.78 is 27.8. The van der Waals surface area contributed by atoms with Crippen LogP contribution in [0.15, 0.2) is 65.7 Å². The van der Waals surface area contributed by atoms with Gasteiger partial charge in [0.15, 0.2) is 0 Å². The van der Waals surface area contributed by atoms with Gasteiger partial charge in [-0.25, -0.2) is 13.2 Å². The van der Waals surface area contributed by atoms with E-state index in [2.05, 4.69) is 9.71 Å². The smallest absolute Gasteiger partial charge is 0.328 e. The molecule has 0 atom stereocenters. The van der Waals surface area contributed by atoms with E-state index in [1.165, 1.54) is 30.3 Å². The number of benzene rings is 2. The summed E-state index contributed by atoms with van der Waals surface area (Å²) in [4.78, 5) is 14.8. The normalized spacial score (nSPS) is 11.7. The molecule has 2 aromatic carbocycles. The van der Waals surface area contributed by atoms with Gasteiger partial charge in [0.05, 0.1) is 21.1 Å². The molecule has 1 heterocycles. The van der Waals surface area contributed by atoms with E-state index < -0.39 is 16.0 Å². The van der Waals surface area contributed by atoms with E-state index in [1.807, 2.05) is 0 Å². The highest BCUT2D eigenvalue weighted by atomic mass is 35.5. The van der Waals surface area contributed by atoms with E-state index in [1.54, 1.807) is 30.5 Å². The van der Waals surface area contributed by atoms with Crippen LogP contribution in [0.25, 0.3) is 17.0 Å². The fourth-order valence-electron chi connectivity index (χ4n) is 2.35. The third-order valence-corrected chi connectivity index (χ3v) is 5.28. The Hall–Kier alpha value is -2.90. The van der Waals surface area contributed by atoms with Crippen LogP contribution >= 0.6 is 11.6 Å². The van der Waals surface area contributed by atoms with Gasteiger partial charge in [-0.1, -0.05) is 23.7 Å². The molecule has 0 saturated carbocycles. The Morgan fingerprint density at radius 1 is 1.12 bits per heavy atom. The van der Waals surface area contributed by atoms with Crippen LogP contribution in [-0.4, -0.2) is 24.5 Å². The number of rotatable bonds is 5. The molecule has 6 nitrogen and oxygen atoms in total. The summed E-state index contributed by atoms with van der Waals surface area (Å²) in [6, 6.07) is 12.5. The highest BCUT2D eigenvalue weighted by Gasteiger charge is 2.16. The van der Waals surface area contributed by atoms with Crippen molar-refractivity contribution < 1.29 is 18.3 Å². The summed E-state index contributed by atoms with van der Waals surface area (Å²) >= 11 is 6.12. The van der Waals surface area contributed by atoms with Gasteiger partial charge in [0, 0.05) is 17.7 Å². The van der Waals surface area contributed by atoms with Crippen molar-refractivity contribution in [3.05, 3.63) is 71.4 Å². The number of aromatic nitrogens is 1. The molecule has 0 spiro atoms. The van der Waals surface area contributed by atoms with Crippen molar-refractivity contribution in [3.63, 3.8) is 0 Å². The number of hydrogen-bond acceptors (Lipinski definition) is 4. The number of pyridine rings is 1. The van der Waals surface area contributed by atoms with Crippen molar-refractivity contribution in [1.29, 1.82) is 0 Å². The number of sulfonamides is 1. The first-order valence-corrected chi connectivity index (χ1v) is 9.30. The van der Waals surface area contributed by atoms with Crippen LogP contribution in [0, 0.1) is 0 Å². The molecule has 132 valence electrons. The number of carbonyl (C=O) groups is 1. The Labute approximate surface area is 154 Å². The van der Waals surface area contributed by atoms with Crippen LogP contribution < -0.4 is 4.72 Å². The molecule has 0 saturated heterocycles. The fourth-order valence-corrected chi connectivity index (χ4v) is 3.63. The Bertz CT molecular complexity index is 1110. The zero-order valence-electron chi connectivity index (χ0n) is 13.3. The van der Waals surface area contributed by atoms with E-state index in [9.17, 15) is 13.2 Å². The lowest BCUT2D eigenvalue weighted by Crippen LogP contribution is -2.13. The molecule has 0 aliphatic heterocycles. The second-order valence-electron chi connectivity index (χ2n) is 5.34. The molecular formula is C18H13ClN2O4S. The fraction of sp³-hybridized carbons (Fsp3) is 0.